The van der Waals surface area contributed by atoms with Gasteiger partial charge in [0.05, 0.1) is 24.4 Å². The number of ether oxygens (including phenoxy) is 1. The van der Waals surface area contributed by atoms with Gasteiger partial charge in [0.2, 0.25) is 0 Å². The van der Waals surface area contributed by atoms with Crippen LogP contribution in [0.2, 0.25) is 0 Å². The Hall–Kier alpha value is -2.74. The van der Waals surface area contributed by atoms with E-state index in [1.165, 1.54) is 23.6 Å². The molecule has 0 radical (unpaired) electrons. The lowest BCUT2D eigenvalue weighted by Gasteiger charge is -2.16. The summed E-state index contributed by atoms with van der Waals surface area (Å²) in [5.74, 6) is 1.94. The molecule has 2 saturated heterocycles. The number of aryl methyl sites for hydroxylation is 2. The number of urea groups is 1. The summed E-state index contributed by atoms with van der Waals surface area (Å²) in [5.41, 5.74) is 1.06. The normalized spacial score (nSPS) is 21.7. The van der Waals surface area contributed by atoms with Gasteiger partial charge < -0.3 is 15.4 Å². The number of nitrogens with zero attached hydrogens (tertiary/aromatic N) is 3. The van der Waals surface area contributed by atoms with Gasteiger partial charge in [-0.05, 0) is 42.2 Å². The third-order valence-corrected chi connectivity index (χ3v) is 7.98. The second kappa shape index (κ2) is 10.5. The highest BCUT2D eigenvalue weighted by Crippen LogP contribution is 2.33. The molecule has 5 rings (SSSR count). The largest absolute Gasteiger partial charge is 0.494 e. The highest BCUT2D eigenvalue weighted by Gasteiger charge is 2.42. The minimum atomic E-state index is -0.00126. The number of carbonyl (C=O) groups excluding carboxylic acids is 1. The molecule has 0 bridgehead atoms. The number of benzene rings is 2. The Kier molecular flexibility index (Phi) is 7.00. The van der Waals surface area contributed by atoms with Crippen LogP contribution in [-0.4, -0.2) is 50.7 Å². The zero-order chi connectivity index (χ0) is 22.5. The van der Waals surface area contributed by atoms with Crippen molar-refractivity contribution in [2.45, 2.75) is 62.4 Å². The van der Waals surface area contributed by atoms with Gasteiger partial charge in [-0.15, -0.1) is 5.10 Å². The number of amides is 2. The molecule has 2 aromatic carbocycles. The summed E-state index contributed by atoms with van der Waals surface area (Å²) in [6, 6.07) is 15.2. The second-order valence-corrected chi connectivity index (χ2v) is 10.2. The first-order valence-corrected chi connectivity index (χ1v) is 13.0. The van der Waals surface area contributed by atoms with Gasteiger partial charge in [0.25, 0.3) is 0 Å². The molecule has 2 amide bonds. The predicted octanol–water partition coefficient (Wildman–Crippen LogP) is 4.17. The molecule has 7 nitrogen and oxygen atoms in total. The van der Waals surface area contributed by atoms with Crippen molar-refractivity contribution in [1.29, 1.82) is 0 Å². The molecule has 33 heavy (non-hydrogen) atoms. The lowest BCUT2D eigenvalue weighted by atomic mass is 10.0. The van der Waals surface area contributed by atoms with Gasteiger partial charge >= 0.3 is 6.03 Å². The number of carbonyl (C=O) groups is 1. The van der Waals surface area contributed by atoms with Gasteiger partial charge in [-0.3, -0.25) is 4.68 Å². The van der Waals surface area contributed by atoms with Crippen molar-refractivity contribution in [2.75, 3.05) is 12.4 Å². The molecule has 3 aromatic rings. The molecule has 2 fully saturated rings. The van der Waals surface area contributed by atoms with E-state index in [1.54, 1.807) is 0 Å². The Balaban J connectivity index is 0.962. The molecule has 3 atom stereocenters. The van der Waals surface area contributed by atoms with E-state index in [0.717, 1.165) is 49.4 Å². The van der Waals surface area contributed by atoms with Crippen LogP contribution in [-0.2, 0) is 13.0 Å². The Morgan fingerprint density at radius 3 is 2.91 bits per heavy atom. The lowest BCUT2D eigenvalue weighted by Crippen LogP contribution is -2.36. The average Bonchev–Trinajstić information content (AvgIpc) is 3.53. The Morgan fingerprint density at radius 1 is 1.06 bits per heavy atom. The van der Waals surface area contributed by atoms with Crippen molar-refractivity contribution in [3.8, 4) is 5.75 Å². The van der Waals surface area contributed by atoms with E-state index in [9.17, 15) is 4.79 Å². The van der Waals surface area contributed by atoms with E-state index in [1.807, 2.05) is 28.6 Å². The van der Waals surface area contributed by atoms with Crippen molar-refractivity contribution < 1.29 is 9.53 Å². The summed E-state index contributed by atoms with van der Waals surface area (Å²) in [6.07, 6.45) is 8.59. The summed E-state index contributed by atoms with van der Waals surface area (Å²) >= 11 is 1.99. The minimum absolute atomic E-state index is 0.00126. The van der Waals surface area contributed by atoms with Gasteiger partial charge in [-0.2, -0.15) is 11.8 Å². The van der Waals surface area contributed by atoms with E-state index >= 15 is 0 Å². The number of hydrogen-bond acceptors (Lipinski definition) is 5. The zero-order valence-electron chi connectivity index (χ0n) is 18.8. The predicted molar refractivity (Wildman–Crippen MR) is 132 cm³/mol. The number of nitrogens with one attached hydrogen (secondary N) is 2. The number of thioether (sulfide) groups is 1. The van der Waals surface area contributed by atoms with Crippen LogP contribution < -0.4 is 15.4 Å². The van der Waals surface area contributed by atoms with Crippen LogP contribution in [0.1, 0.15) is 37.8 Å². The van der Waals surface area contributed by atoms with Crippen molar-refractivity contribution in [3.05, 3.63) is 54.4 Å². The molecule has 0 spiro atoms. The van der Waals surface area contributed by atoms with E-state index in [2.05, 4.69) is 57.5 Å². The molecule has 2 unspecified atom stereocenters. The maximum atomic E-state index is 11.5. The van der Waals surface area contributed by atoms with Crippen LogP contribution in [0.25, 0.3) is 10.8 Å². The smallest absolute Gasteiger partial charge is 0.315 e. The second-order valence-electron chi connectivity index (χ2n) is 8.91. The van der Waals surface area contributed by atoms with E-state index in [4.69, 9.17) is 4.74 Å². The molecular formula is C25H31N5O2S. The third-order valence-electron chi connectivity index (χ3n) is 6.47. The lowest BCUT2D eigenvalue weighted by molar-refractivity contribution is 0.247. The molecule has 2 aliphatic rings. The molecule has 3 heterocycles. The molecule has 2 N–H and O–H groups in total. The molecule has 8 heteroatoms. The fourth-order valence-electron chi connectivity index (χ4n) is 4.71. The van der Waals surface area contributed by atoms with Crippen molar-refractivity contribution in [2.24, 2.45) is 0 Å². The molecule has 174 valence electrons. The quantitative estimate of drug-likeness (QED) is 0.328. The topological polar surface area (TPSA) is 81.1 Å². The molecule has 0 saturated carbocycles. The fraction of sp³-hybridized carbons (Fsp3) is 0.480. The average molecular weight is 466 g/mol. The van der Waals surface area contributed by atoms with Crippen molar-refractivity contribution in [1.82, 2.24) is 25.6 Å². The SMILES string of the molecule is O=C1NC2CS[C@@H](CCCCCc3cn(CCCOc4ccc5ccccc5c4)nn3)C2N1. The van der Waals surface area contributed by atoms with E-state index < -0.39 is 0 Å². The van der Waals surface area contributed by atoms with Gasteiger partial charge in [-0.25, -0.2) is 4.79 Å². The molecular weight excluding hydrogens is 434 g/mol. The molecule has 1 aromatic heterocycles. The third kappa shape index (κ3) is 5.61. The monoisotopic (exact) mass is 465 g/mol. The zero-order valence-corrected chi connectivity index (χ0v) is 19.6. The maximum Gasteiger partial charge on any atom is 0.315 e. The minimum Gasteiger partial charge on any atom is -0.494 e. The van der Waals surface area contributed by atoms with Gasteiger partial charge in [0, 0.05) is 30.2 Å². The van der Waals surface area contributed by atoms with Crippen molar-refractivity contribution in [3.63, 3.8) is 0 Å². The first-order chi connectivity index (χ1) is 16.2. The maximum absolute atomic E-state index is 11.5. The van der Waals surface area contributed by atoms with Crippen LogP contribution in [0.15, 0.2) is 48.7 Å². The summed E-state index contributed by atoms with van der Waals surface area (Å²) < 4.78 is 7.84. The van der Waals surface area contributed by atoms with Gasteiger partial charge in [-0.1, -0.05) is 48.4 Å². The van der Waals surface area contributed by atoms with Gasteiger partial charge in [0.15, 0.2) is 0 Å². The number of rotatable bonds is 11. The number of unbranched alkanes of at least 4 members (excludes halogenated alkanes) is 2. The number of fused-ring (bicyclic) bond motifs is 2. The first kappa shape index (κ1) is 22.1. The summed E-state index contributed by atoms with van der Waals surface area (Å²) in [7, 11) is 0. The van der Waals surface area contributed by atoms with Gasteiger partial charge in [0.1, 0.15) is 5.75 Å². The van der Waals surface area contributed by atoms with E-state index in [-0.39, 0.29) is 6.03 Å². The van der Waals surface area contributed by atoms with Crippen LogP contribution in [0.5, 0.6) is 5.75 Å². The summed E-state index contributed by atoms with van der Waals surface area (Å²) in [6.45, 7) is 1.46. The highest BCUT2D eigenvalue weighted by atomic mass is 32.2. The van der Waals surface area contributed by atoms with Crippen molar-refractivity contribution >= 4 is 28.6 Å². The Bertz CT molecular complexity index is 1090. The summed E-state index contributed by atoms with van der Waals surface area (Å²) in [4.78, 5) is 11.5. The Morgan fingerprint density at radius 2 is 1.97 bits per heavy atom. The highest BCUT2D eigenvalue weighted by molar-refractivity contribution is 8.00. The number of aromatic nitrogens is 3. The molecule has 0 aliphatic carbocycles. The van der Waals surface area contributed by atoms with Crippen LogP contribution >= 0.6 is 11.8 Å². The molecule has 2 aliphatic heterocycles. The fourth-order valence-corrected chi connectivity index (χ4v) is 6.25. The Labute approximate surface area is 198 Å². The summed E-state index contributed by atoms with van der Waals surface area (Å²) in [5, 5.41) is 17.6. The van der Waals surface area contributed by atoms with Crippen LogP contribution in [0.4, 0.5) is 4.79 Å². The van der Waals surface area contributed by atoms with E-state index in [0.29, 0.717) is 23.9 Å². The first-order valence-electron chi connectivity index (χ1n) is 11.9. The standard InChI is InChI=1S/C25H31N5O2S/c31-25-26-22-17-33-23(24(22)27-25)10-3-1-2-9-20-16-30(29-28-20)13-6-14-32-21-12-11-18-7-4-5-8-19(18)15-21/h4-5,7-8,11-12,15-16,22-24H,1-3,6,9-10,13-14,17H2,(H2,26,27,31)/t22?,23-,24?/m0/s1. The van der Waals surface area contributed by atoms with Crippen LogP contribution in [0.3, 0.4) is 0 Å². The number of hydrogen-bond donors (Lipinski definition) is 2. The van der Waals surface area contributed by atoms with Crippen LogP contribution in [0, 0.1) is 0 Å².